The maximum absolute atomic E-state index is 14.2. The van der Waals surface area contributed by atoms with Gasteiger partial charge in [0.1, 0.15) is 17.8 Å². The van der Waals surface area contributed by atoms with Crippen LogP contribution in [0.4, 0.5) is 4.79 Å². The predicted molar refractivity (Wildman–Crippen MR) is 267 cm³/mol. The molecule has 0 spiro atoms. The first kappa shape index (κ1) is 52.8. The molecule has 5 N–H and O–H groups in total. The van der Waals surface area contributed by atoms with Crippen LogP contribution in [0.1, 0.15) is 86.5 Å². The first-order valence-corrected chi connectivity index (χ1v) is 24.3. The quantitative estimate of drug-likeness (QED) is 0.0695. The monoisotopic (exact) mass is 971 g/mol. The van der Waals surface area contributed by atoms with Crippen LogP contribution in [-0.4, -0.2) is 116 Å². The van der Waals surface area contributed by atoms with Crippen molar-refractivity contribution >= 4 is 47.5 Å². The van der Waals surface area contributed by atoms with Crippen molar-refractivity contribution < 1.29 is 47.8 Å². The standard InChI is InChI=1S/C54H65N7O10/c1-6-7-11-36-14-16-38(17-15-36)39-18-20-40(21-19-39)51(66)55-29-35(4)50(65)57-31-47(63)60(5)49-42-22-23-45(71-54(69)70-33-34(2)3)43(28-42)41-13-10-12-37(26-41)27-44(59-46(62)30-56-53(49)68)52(67)58-32-48(64)61-24-8-9-25-61/h10,12-23,26,28,34-35,44,49H,6-9,11,24-25,27,29-33H2,1-5H3,(H,55,66)(H,56,68)(H,57,65)(H,58,67)(H,59,62)/t35?,44-,49?/m0/s1. The minimum absolute atomic E-state index is 0.00304. The smallest absolute Gasteiger partial charge is 0.434 e. The summed E-state index contributed by atoms with van der Waals surface area (Å²) in [6.45, 7) is 7.45. The second-order valence-electron chi connectivity index (χ2n) is 18.5. The van der Waals surface area contributed by atoms with Gasteiger partial charge >= 0.3 is 6.16 Å². The Morgan fingerprint density at radius 2 is 1.52 bits per heavy atom. The third-order valence-electron chi connectivity index (χ3n) is 12.4. The highest BCUT2D eigenvalue weighted by Crippen LogP contribution is 2.35. The molecule has 2 unspecified atom stereocenters. The summed E-state index contributed by atoms with van der Waals surface area (Å²) in [7, 11) is 1.37. The van der Waals surface area contributed by atoms with Gasteiger partial charge in [0.15, 0.2) is 0 Å². The Morgan fingerprint density at radius 1 is 0.817 bits per heavy atom. The molecule has 0 aliphatic carbocycles. The largest absolute Gasteiger partial charge is 0.513 e. The SMILES string of the molecule is CCCCc1ccc(-c2ccc(C(=O)NCC(C)C(=O)NCC(=O)N(C)C3C(=O)NCC(=O)N[C@H](C(=O)NCC(=O)N4CCCC4)Cc4cccc(c4)-c4cc3ccc4OC(=O)OCC(C)C)cc2)cc1. The summed E-state index contributed by atoms with van der Waals surface area (Å²) in [4.78, 5) is 110. The summed E-state index contributed by atoms with van der Waals surface area (Å²) in [6.07, 6.45) is 4.10. The lowest BCUT2D eigenvalue weighted by Gasteiger charge is -2.29. The maximum Gasteiger partial charge on any atom is 0.513 e. The molecule has 4 bridgehead atoms. The molecule has 17 nitrogen and oxygen atoms in total. The fourth-order valence-electron chi connectivity index (χ4n) is 8.23. The molecule has 1 fully saturated rings. The van der Waals surface area contributed by atoms with Crippen LogP contribution in [0.25, 0.3) is 22.3 Å². The van der Waals surface area contributed by atoms with Gasteiger partial charge in [0, 0.05) is 44.2 Å². The topological polar surface area (TPSA) is 222 Å². The number of likely N-dealkylation sites (tertiary alicyclic amines) is 1. The van der Waals surface area contributed by atoms with Gasteiger partial charge in [0.2, 0.25) is 35.4 Å². The Morgan fingerprint density at radius 3 is 2.21 bits per heavy atom. The number of hydrogen-bond acceptors (Lipinski definition) is 10. The summed E-state index contributed by atoms with van der Waals surface area (Å²) in [5.41, 5.74) is 5.43. The van der Waals surface area contributed by atoms with E-state index in [2.05, 4.69) is 57.8 Å². The minimum atomic E-state index is -1.39. The average molecular weight is 972 g/mol. The van der Waals surface area contributed by atoms with E-state index in [-0.39, 0.29) is 55.2 Å². The molecule has 7 amide bonds. The number of unbranched alkanes of at least 4 members (excludes halogenated alkanes) is 1. The highest BCUT2D eigenvalue weighted by atomic mass is 16.7. The minimum Gasteiger partial charge on any atom is -0.434 e. The summed E-state index contributed by atoms with van der Waals surface area (Å²) in [5.74, 6) is -4.52. The van der Waals surface area contributed by atoms with Gasteiger partial charge in [-0.2, -0.15) is 0 Å². The fourth-order valence-corrected chi connectivity index (χ4v) is 8.23. The van der Waals surface area contributed by atoms with Gasteiger partial charge in [-0.1, -0.05) is 101 Å². The van der Waals surface area contributed by atoms with Gasteiger partial charge in [-0.3, -0.25) is 33.6 Å². The number of benzene rings is 4. The van der Waals surface area contributed by atoms with E-state index in [1.807, 2.05) is 26.0 Å². The van der Waals surface area contributed by atoms with Crippen molar-refractivity contribution in [1.82, 2.24) is 36.4 Å². The van der Waals surface area contributed by atoms with Crippen LogP contribution >= 0.6 is 0 Å². The van der Waals surface area contributed by atoms with Gasteiger partial charge in [0.25, 0.3) is 5.91 Å². The molecule has 0 aromatic heterocycles. The number of rotatable bonds is 17. The van der Waals surface area contributed by atoms with Crippen LogP contribution in [-0.2, 0) is 46.3 Å². The second kappa shape index (κ2) is 25.3. The first-order valence-electron chi connectivity index (χ1n) is 24.3. The summed E-state index contributed by atoms with van der Waals surface area (Å²) >= 11 is 0. The first-order chi connectivity index (χ1) is 34.1. The highest BCUT2D eigenvalue weighted by Gasteiger charge is 2.32. The zero-order valence-corrected chi connectivity index (χ0v) is 41.1. The van der Waals surface area contributed by atoms with E-state index in [0.717, 1.165) is 48.1 Å². The van der Waals surface area contributed by atoms with Crippen LogP contribution < -0.4 is 31.3 Å². The zero-order chi connectivity index (χ0) is 51.0. The van der Waals surface area contributed by atoms with Gasteiger partial charge < -0.3 is 45.9 Å². The third-order valence-corrected chi connectivity index (χ3v) is 12.4. The van der Waals surface area contributed by atoms with Crippen molar-refractivity contribution in [3.8, 4) is 28.0 Å². The number of amides is 7. The van der Waals surface area contributed by atoms with Crippen molar-refractivity contribution in [3.05, 3.63) is 113 Å². The van der Waals surface area contributed by atoms with Gasteiger partial charge in [0.05, 0.1) is 32.2 Å². The molecule has 6 rings (SSSR count). The normalized spacial score (nSPS) is 16.1. The molecule has 4 aromatic carbocycles. The number of hydrogen-bond donors (Lipinski definition) is 5. The maximum atomic E-state index is 14.2. The lowest BCUT2D eigenvalue weighted by Crippen LogP contribution is -2.53. The zero-order valence-electron chi connectivity index (χ0n) is 41.1. The Labute approximate surface area is 414 Å². The van der Waals surface area contributed by atoms with E-state index >= 15 is 0 Å². The van der Waals surface area contributed by atoms with Crippen LogP contribution in [0.3, 0.4) is 0 Å². The van der Waals surface area contributed by atoms with E-state index in [9.17, 15) is 38.4 Å². The van der Waals surface area contributed by atoms with Crippen molar-refractivity contribution in [3.63, 3.8) is 0 Å². The van der Waals surface area contributed by atoms with Crippen LogP contribution in [0, 0.1) is 11.8 Å². The van der Waals surface area contributed by atoms with Crippen LogP contribution in [0.5, 0.6) is 5.75 Å². The summed E-state index contributed by atoms with van der Waals surface area (Å²) < 4.78 is 11.0. The molecule has 17 heteroatoms. The van der Waals surface area contributed by atoms with E-state index in [1.165, 1.54) is 24.7 Å². The molecule has 2 heterocycles. The highest BCUT2D eigenvalue weighted by molar-refractivity contribution is 5.96. The van der Waals surface area contributed by atoms with Gasteiger partial charge in [-0.25, -0.2) is 4.79 Å². The van der Waals surface area contributed by atoms with Crippen molar-refractivity contribution in [2.75, 3.05) is 52.9 Å². The lowest BCUT2D eigenvalue weighted by molar-refractivity contribution is -0.140. The number of nitrogens with zero attached hydrogens (tertiary/aromatic N) is 2. The number of likely N-dealkylation sites (N-methyl/N-ethyl adjacent to an activating group) is 1. The van der Waals surface area contributed by atoms with E-state index < -0.39 is 66.8 Å². The molecule has 1 saturated heterocycles. The van der Waals surface area contributed by atoms with Gasteiger partial charge in [-0.15, -0.1) is 0 Å². The Balaban J connectivity index is 1.15. The molecule has 2 aliphatic heterocycles. The molecule has 376 valence electrons. The fraction of sp³-hybridized carbons (Fsp3) is 0.407. The second-order valence-corrected chi connectivity index (χ2v) is 18.5. The molecule has 4 aromatic rings. The van der Waals surface area contributed by atoms with E-state index in [1.54, 1.807) is 54.3 Å². The predicted octanol–water partition coefficient (Wildman–Crippen LogP) is 5.11. The number of fused-ring (bicyclic) bond motifs is 5. The number of ether oxygens (including phenoxy) is 2. The van der Waals surface area contributed by atoms with Crippen LogP contribution in [0.2, 0.25) is 0 Å². The van der Waals surface area contributed by atoms with Gasteiger partial charge in [-0.05, 0) is 89.2 Å². The number of carbonyl (C=O) groups excluding carboxylic acids is 8. The van der Waals surface area contributed by atoms with E-state index in [4.69, 9.17) is 9.47 Å². The Kier molecular flexibility index (Phi) is 18.8. The number of aryl methyl sites for hydroxylation is 1. The van der Waals surface area contributed by atoms with Crippen LogP contribution in [0.15, 0.2) is 91.0 Å². The Bertz CT molecular complexity index is 2560. The molecular formula is C54H65N7O10. The molecule has 3 atom stereocenters. The lowest BCUT2D eigenvalue weighted by atomic mass is 9.94. The Hall–Kier alpha value is -7.56. The molecule has 0 radical (unpaired) electrons. The van der Waals surface area contributed by atoms with Crippen molar-refractivity contribution in [2.45, 2.75) is 78.3 Å². The molecule has 71 heavy (non-hydrogen) atoms. The molecule has 0 saturated carbocycles. The van der Waals surface area contributed by atoms with E-state index in [0.29, 0.717) is 35.3 Å². The summed E-state index contributed by atoms with van der Waals surface area (Å²) in [6, 6.07) is 24.5. The third kappa shape index (κ3) is 15.0. The van der Waals surface area contributed by atoms with Crippen molar-refractivity contribution in [2.24, 2.45) is 11.8 Å². The molecule has 2 aliphatic rings. The average Bonchev–Trinajstić information content (AvgIpc) is 3.93. The molecular weight excluding hydrogens is 907 g/mol. The number of carbonyl (C=O) groups is 8. The number of nitrogens with one attached hydrogen (secondary N) is 5. The summed E-state index contributed by atoms with van der Waals surface area (Å²) in [5, 5.41) is 13.3. The van der Waals surface area contributed by atoms with Crippen molar-refractivity contribution in [1.29, 1.82) is 0 Å².